The molecule has 4 aromatic carbocycles. The molecular formula is C40H48O4. The van der Waals surface area contributed by atoms with Crippen molar-refractivity contribution in [1.29, 1.82) is 0 Å². The number of hydrogen-bond donors (Lipinski definition) is 4. The van der Waals surface area contributed by atoms with Crippen LogP contribution in [-0.2, 0) is 41.9 Å². The maximum absolute atomic E-state index is 12.4. The van der Waals surface area contributed by atoms with Crippen LogP contribution in [0.2, 0.25) is 0 Å². The van der Waals surface area contributed by atoms with Gasteiger partial charge in [-0.25, -0.2) is 0 Å². The van der Waals surface area contributed by atoms with Gasteiger partial charge in [0.25, 0.3) is 0 Å². The molecule has 4 heteroatoms. The lowest BCUT2D eigenvalue weighted by atomic mass is 9.80. The third-order valence-corrected chi connectivity index (χ3v) is 7.14. The van der Waals surface area contributed by atoms with Crippen LogP contribution >= 0.6 is 0 Å². The van der Waals surface area contributed by atoms with E-state index in [1.807, 2.05) is 0 Å². The zero-order valence-electron chi connectivity index (χ0n) is 55.8. The van der Waals surface area contributed by atoms with Crippen LogP contribution in [0.1, 0.15) is 168 Å². The number of fused-ring (bicyclic) bond motifs is 8. The quantitative estimate of drug-likeness (QED) is 0.138. The Bertz CT molecular complexity index is 2730. The van der Waals surface area contributed by atoms with E-state index in [-0.39, 0.29) is 0 Å². The zero-order chi connectivity index (χ0) is 60.1. The molecule has 0 heterocycles. The number of hydrogen-bond acceptors (Lipinski definition) is 4. The molecule has 0 atom stereocenters. The number of para-hydroxylation sites is 1. The van der Waals surface area contributed by atoms with E-state index in [2.05, 4.69) is 0 Å². The molecule has 0 aromatic heterocycles. The normalized spacial score (nSPS) is 27.6. The molecule has 1 aliphatic carbocycles. The molecule has 0 radical (unpaired) electrons. The molecule has 0 amide bonds. The van der Waals surface area contributed by atoms with E-state index in [1.165, 1.54) is 0 Å². The molecule has 0 aliphatic heterocycles. The van der Waals surface area contributed by atoms with Gasteiger partial charge in [-0.1, -0.05) is 116 Å². The van der Waals surface area contributed by atoms with Gasteiger partial charge in [0, 0.05) is 62.7 Å². The standard InChI is InChI=1S/C40H48O4/c1-38(2,3)31-17-25-13-23-11-10-12-24(34(23)41)14-26-18-32(39(4,5)6)20-28(36(26)43)16-30-22-33(40(7,8)9)21-29(37(30)44)15-27(19-31)35(25)42/h10-12,17-22,41-44H,13-16H2,1-9H3/i1D3,2D3,3D3,4D3,5D3,6D3,7D3,8D3,9D3,17D,18D,19D,20D,21D,22D. The molecule has 4 aromatic rings. The van der Waals surface area contributed by atoms with Crippen molar-refractivity contribution in [3.05, 3.63) is 116 Å². The number of phenolic OH excluding ortho intramolecular Hbond substituents is 4. The minimum Gasteiger partial charge on any atom is -0.507 e. The van der Waals surface area contributed by atoms with Crippen molar-refractivity contribution in [3.63, 3.8) is 0 Å². The maximum atomic E-state index is 12.4. The summed E-state index contributed by atoms with van der Waals surface area (Å²) >= 11 is 0. The topological polar surface area (TPSA) is 80.9 Å². The van der Waals surface area contributed by atoms with Crippen LogP contribution < -0.4 is 0 Å². The van der Waals surface area contributed by atoms with Crippen LogP contribution in [0.25, 0.3) is 0 Å². The van der Waals surface area contributed by atoms with Crippen molar-refractivity contribution in [3.8, 4) is 23.0 Å². The van der Waals surface area contributed by atoms with E-state index in [0.717, 1.165) is 18.2 Å². The molecule has 0 saturated carbocycles. The van der Waals surface area contributed by atoms with Gasteiger partial charge in [-0.3, -0.25) is 0 Å². The zero-order valence-corrected chi connectivity index (χ0v) is 22.8. The van der Waals surface area contributed by atoms with Crippen molar-refractivity contribution < 1.29 is 65.7 Å². The summed E-state index contributed by atoms with van der Waals surface area (Å²) in [4.78, 5) is 0. The van der Waals surface area contributed by atoms with Crippen molar-refractivity contribution in [2.75, 3.05) is 0 Å². The fourth-order valence-corrected chi connectivity index (χ4v) is 4.89. The molecule has 8 bridgehead atoms. The average Bonchev–Trinajstić information content (AvgIpc) is 3.18. The summed E-state index contributed by atoms with van der Waals surface area (Å²) in [6.45, 7) is -38.8. The van der Waals surface area contributed by atoms with Gasteiger partial charge in [0.2, 0.25) is 0 Å². The molecule has 44 heavy (non-hydrogen) atoms. The smallest absolute Gasteiger partial charge is 0.122 e. The van der Waals surface area contributed by atoms with Crippen molar-refractivity contribution in [2.45, 2.75) is 104 Å². The van der Waals surface area contributed by atoms with Crippen LogP contribution in [0.4, 0.5) is 0 Å². The maximum Gasteiger partial charge on any atom is 0.122 e. The minimum atomic E-state index is -4.45. The molecule has 1 aliphatic rings. The average molecular weight is 626 g/mol. The Labute approximate surface area is 309 Å². The second kappa shape index (κ2) is 10.9. The highest BCUT2D eigenvalue weighted by Gasteiger charge is 2.26. The van der Waals surface area contributed by atoms with E-state index in [9.17, 15) is 28.7 Å². The van der Waals surface area contributed by atoms with Gasteiger partial charge < -0.3 is 20.4 Å². The molecule has 232 valence electrons. The molecule has 5 rings (SSSR count). The van der Waals surface area contributed by atoms with Crippen LogP contribution in [0.15, 0.2) is 54.5 Å². The predicted molar refractivity (Wildman–Crippen MR) is 180 cm³/mol. The second-order valence-electron chi connectivity index (χ2n) is 10.7. The highest BCUT2D eigenvalue weighted by Crippen LogP contribution is 2.41. The number of phenols is 4. The SMILES string of the molecule is [2H]c1c2c(O)c(c([2H])c1C(C([2H])([2H])[2H])(C([2H])([2H])[2H])C([2H])([2H])[2H])Cc1c([2H])c(C(C([2H])([2H])[2H])(C([2H])([2H])[2H])C([2H])([2H])[2H])c([2H])c(c1O)Cc1c([2H])c(C(C([2H])([2H])[2H])(C([2H])([2H])[2H])C([2H])([2H])[2H])c([2H])c(c1O)Cc1cccc(c1O)C2. The summed E-state index contributed by atoms with van der Waals surface area (Å²) in [5.41, 5.74) is -26.5. The first-order valence-electron chi connectivity index (χ1n) is 29.5. The van der Waals surface area contributed by atoms with Crippen LogP contribution in [0.3, 0.4) is 0 Å². The van der Waals surface area contributed by atoms with Gasteiger partial charge in [0.15, 0.2) is 0 Å². The van der Waals surface area contributed by atoms with Gasteiger partial charge in [0.1, 0.15) is 23.0 Å². The predicted octanol–water partition coefficient (Wildman–Crippen LogP) is 9.08. The Kier molecular flexibility index (Phi) is 2.55. The minimum absolute atomic E-state index is 0.495. The van der Waals surface area contributed by atoms with Crippen molar-refractivity contribution >= 4 is 0 Å². The lowest BCUT2D eigenvalue weighted by Crippen LogP contribution is -2.15. The summed E-state index contributed by atoms with van der Waals surface area (Å²) in [5, 5.41) is 48.8. The van der Waals surface area contributed by atoms with Crippen LogP contribution in [-0.4, -0.2) is 20.4 Å². The first-order chi connectivity index (χ1) is 34.1. The lowest BCUT2D eigenvalue weighted by molar-refractivity contribution is 0.449. The largest absolute Gasteiger partial charge is 0.507 e. The number of aromatic hydroxyl groups is 4. The van der Waals surface area contributed by atoms with E-state index >= 15 is 0 Å². The fourth-order valence-electron chi connectivity index (χ4n) is 4.89. The molecule has 4 N–H and O–H groups in total. The van der Waals surface area contributed by atoms with E-state index in [1.54, 1.807) is 0 Å². The van der Waals surface area contributed by atoms with E-state index in [4.69, 9.17) is 37.0 Å². The summed E-state index contributed by atoms with van der Waals surface area (Å²) in [6.07, 6.45) is -5.59. The van der Waals surface area contributed by atoms with Crippen molar-refractivity contribution in [2.24, 2.45) is 0 Å². The first kappa shape index (κ1) is 10.3. The Morgan fingerprint density at radius 2 is 0.659 bits per heavy atom. The highest BCUT2D eigenvalue weighted by molar-refractivity contribution is 5.58. The Balaban J connectivity index is 2.30. The van der Waals surface area contributed by atoms with E-state index in [0.29, 0.717) is 0 Å². The van der Waals surface area contributed by atoms with Gasteiger partial charge in [-0.2, -0.15) is 0 Å². The fraction of sp³-hybridized carbons (Fsp3) is 0.400. The van der Waals surface area contributed by atoms with E-state index < -0.39 is 224 Å². The van der Waals surface area contributed by atoms with Crippen LogP contribution in [0.5, 0.6) is 23.0 Å². The van der Waals surface area contributed by atoms with Gasteiger partial charge in [0.05, 0.1) is 8.22 Å². The summed E-state index contributed by atoms with van der Waals surface area (Å²) in [6, 6.07) is -6.57. The summed E-state index contributed by atoms with van der Waals surface area (Å²) < 4.78 is 285. The first-order valence-corrected chi connectivity index (χ1v) is 13.0. The van der Waals surface area contributed by atoms with Crippen molar-refractivity contribution in [1.82, 2.24) is 0 Å². The van der Waals surface area contributed by atoms with Gasteiger partial charge in [-0.05, 0) is 77.4 Å². The van der Waals surface area contributed by atoms with Crippen LogP contribution in [0, 0.1) is 0 Å². The van der Waals surface area contributed by atoms with Gasteiger partial charge in [-0.15, -0.1) is 0 Å². The Morgan fingerprint density at radius 1 is 0.432 bits per heavy atom. The number of benzene rings is 4. The number of rotatable bonds is 0. The summed E-state index contributed by atoms with van der Waals surface area (Å²) in [5.74, 6) is -5.34. The Hall–Kier alpha value is -3.92. The molecular weight excluding hydrogens is 544 g/mol. The monoisotopic (exact) mass is 626 g/mol. The lowest BCUT2D eigenvalue weighted by Gasteiger charge is -2.26. The summed E-state index contributed by atoms with van der Waals surface area (Å²) in [7, 11) is 0. The molecule has 4 nitrogen and oxygen atoms in total. The third-order valence-electron chi connectivity index (χ3n) is 7.14. The van der Waals surface area contributed by atoms with Gasteiger partial charge >= 0.3 is 0 Å². The molecule has 0 fully saturated rings. The second-order valence-corrected chi connectivity index (χ2v) is 10.7. The highest BCUT2D eigenvalue weighted by atomic mass is 16.3. The molecule has 0 saturated heterocycles. The molecule has 0 spiro atoms. The Morgan fingerprint density at radius 3 is 0.909 bits per heavy atom. The molecule has 0 unspecified atom stereocenters. The third kappa shape index (κ3) is 6.18.